The second kappa shape index (κ2) is 14.9. The fraction of sp³-hybridized carbons (Fsp3) is 0. The molecule has 0 aliphatic carbocycles. The fourth-order valence-corrected chi connectivity index (χ4v) is 10.1. The SMILES string of the molecule is c1ccc(-c2ccc(N(c3ccccc3)c3cc4oc(-c5ccc6ccccc6c5)nc4c4cc(N(c5ccccc5)c5cccc6c5sc5ccccc56)ccc34)cc2)cc1. The zero-order valence-electron chi connectivity index (χ0n) is 33.5. The van der Waals surface area contributed by atoms with Crippen molar-refractivity contribution in [2.75, 3.05) is 9.80 Å². The number of hydrogen-bond acceptors (Lipinski definition) is 5. The summed E-state index contributed by atoms with van der Waals surface area (Å²) in [6.07, 6.45) is 0. The highest BCUT2D eigenvalue weighted by Crippen LogP contribution is 2.48. The van der Waals surface area contributed by atoms with Crippen molar-refractivity contribution in [1.82, 2.24) is 4.98 Å². The van der Waals surface area contributed by atoms with Gasteiger partial charge in [-0.1, -0.05) is 146 Å². The van der Waals surface area contributed by atoms with E-state index in [1.807, 2.05) is 11.3 Å². The van der Waals surface area contributed by atoms with Gasteiger partial charge in [-0.15, -0.1) is 11.3 Å². The molecule has 0 N–H and O–H groups in total. The Labute approximate surface area is 362 Å². The van der Waals surface area contributed by atoms with Crippen molar-refractivity contribution in [1.29, 1.82) is 0 Å². The van der Waals surface area contributed by atoms with Gasteiger partial charge in [0.25, 0.3) is 0 Å². The molecule has 0 atom stereocenters. The third kappa shape index (κ3) is 6.18. The number of anilines is 6. The van der Waals surface area contributed by atoms with E-state index in [0.29, 0.717) is 11.5 Å². The summed E-state index contributed by atoms with van der Waals surface area (Å²) in [6, 6.07) is 79.8. The first kappa shape index (κ1) is 35.9. The van der Waals surface area contributed by atoms with Gasteiger partial charge >= 0.3 is 0 Å². The van der Waals surface area contributed by atoms with Crippen molar-refractivity contribution in [2.45, 2.75) is 0 Å². The van der Waals surface area contributed by atoms with Gasteiger partial charge in [0.05, 0.1) is 16.1 Å². The van der Waals surface area contributed by atoms with Crippen LogP contribution in [0.5, 0.6) is 0 Å². The molecule has 0 amide bonds. The van der Waals surface area contributed by atoms with Crippen LogP contribution < -0.4 is 9.80 Å². The van der Waals surface area contributed by atoms with Crippen molar-refractivity contribution in [2.24, 2.45) is 0 Å². The Hall–Kier alpha value is -7.99. The number of fused-ring (bicyclic) bond motifs is 7. The Morgan fingerprint density at radius 1 is 0.371 bits per heavy atom. The van der Waals surface area contributed by atoms with Crippen LogP contribution in [0.25, 0.3) is 75.4 Å². The second-order valence-electron chi connectivity index (χ2n) is 15.6. The Morgan fingerprint density at radius 3 is 1.74 bits per heavy atom. The average molecular weight is 812 g/mol. The first-order valence-electron chi connectivity index (χ1n) is 20.9. The van der Waals surface area contributed by atoms with E-state index in [1.165, 1.54) is 31.1 Å². The molecule has 0 spiro atoms. The van der Waals surface area contributed by atoms with Gasteiger partial charge in [-0.3, -0.25) is 0 Å². The molecule has 0 bridgehead atoms. The third-order valence-electron chi connectivity index (χ3n) is 11.8. The lowest BCUT2D eigenvalue weighted by Gasteiger charge is -2.28. The van der Waals surface area contributed by atoms with Crippen molar-refractivity contribution < 1.29 is 4.42 Å². The third-order valence-corrected chi connectivity index (χ3v) is 13.0. The normalized spacial score (nSPS) is 11.5. The van der Waals surface area contributed by atoms with E-state index in [1.54, 1.807) is 0 Å². The van der Waals surface area contributed by atoms with Crippen LogP contribution in [0, 0.1) is 0 Å². The molecular formula is C57H37N3OS. The molecular weight excluding hydrogens is 775 g/mol. The predicted molar refractivity (Wildman–Crippen MR) is 262 cm³/mol. The molecule has 0 saturated heterocycles. The Balaban J connectivity index is 1.11. The van der Waals surface area contributed by atoms with Gasteiger partial charge in [0.2, 0.25) is 5.89 Å². The van der Waals surface area contributed by atoms with Crippen LogP contribution >= 0.6 is 11.3 Å². The minimum Gasteiger partial charge on any atom is -0.436 e. The molecule has 2 heterocycles. The maximum Gasteiger partial charge on any atom is 0.227 e. The molecule has 12 aromatic rings. The number of rotatable bonds is 8. The maximum atomic E-state index is 6.86. The van der Waals surface area contributed by atoms with Crippen LogP contribution in [0.4, 0.5) is 34.1 Å². The molecule has 62 heavy (non-hydrogen) atoms. The molecule has 2 aromatic heterocycles. The first-order valence-corrected chi connectivity index (χ1v) is 21.7. The maximum absolute atomic E-state index is 6.86. The van der Waals surface area contributed by atoms with Gasteiger partial charge < -0.3 is 14.2 Å². The Kier molecular flexibility index (Phi) is 8.65. The summed E-state index contributed by atoms with van der Waals surface area (Å²) in [6.45, 7) is 0. The van der Waals surface area contributed by atoms with Gasteiger partial charge in [-0.25, -0.2) is 4.98 Å². The highest BCUT2D eigenvalue weighted by atomic mass is 32.1. The highest BCUT2D eigenvalue weighted by Gasteiger charge is 2.24. The van der Waals surface area contributed by atoms with E-state index < -0.39 is 0 Å². The van der Waals surface area contributed by atoms with E-state index in [9.17, 15) is 0 Å². The standard InChI is InChI=1S/C57H37N3OS/c1-4-15-38(16-5-1)40-29-31-45(32-30-40)59(43-19-6-2-7-20-43)52-37-53-55(58-57(61-53)42-28-27-39-17-10-11-18-41(39)35-42)50-36-46(33-34-47(50)52)60(44-21-8-3-9-22-44)51-25-14-24-49-48-23-12-13-26-54(48)62-56(49)51/h1-37H. The van der Waals surface area contributed by atoms with E-state index in [4.69, 9.17) is 9.40 Å². The summed E-state index contributed by atoms with van der Waals surface area (Å²) >= 11 is 1.84. The molecule has 4 nitrogen and oxygen atoms in total. The van der Waals surface area contributed by atoms with Crippen LogP contribution in [-0.2, 0) is 0 Å². The Morgan fingerprint density at radius 2 is 0.968 bits per heavy atom. The zero-order chi connectivity index (χ0) is 41.0. The molecule has 12 rings (SSSR count). The average Bonchev–Trinajstić information content (AvgIpc) is 3.96. The van der Waals surface area contributed by atoms with Gasteiger partial charge in [0.15, 0.2) is 5.58 Å². The lowest BCUT2D eigenvalue weighted by Crippen LogP contribution is -2.11. The molecule has 0 fully saturated rings. The smallest absolute Gasteiger partial charge is 0.227 e. The summed E-state index contributed by atoms with van der Waals surface area (Å²) in [4.78, 5) is 10.1. The minimum atomic E-state index is 0.586. The van der Waals surface area contributed by atoms with Gasteiger partial charge in [0.1, 0.15) is 5.52 Å². The molecule has 0 aliphatic heterocycles. The van der Waals surface area contributed by atoms with Crippen LogP contribution in [-0.4, -0.2) is 4.98 Å². The largest absolute Gasteiger partial charge is 0.436 e. The number of oxazole rings is 1. The number of para-hydroxylation sites is 2. The second-order valence-corrected chi connectivity index (χ2v) is 16.6. The number of nitrogens with zero attached hydrogens (tertiary/aromatic N) is 3. The molecule has 0 saturated carbocycles. The predicted octanol–water partition coefficient (Wildman–Crippen LogP) is 16.8. The molecule has 5 heteroatoms. The molecule has 0 unspecified atom stereocenters. The summed E-state index contributed by atoms with van der Waals surface area (Å²) in [5, 5.41) is 6.90. The van der Waals surface area contributed by atoms with Gasteiger partial charge in [-0.05, 0) is 94.7 Å². The number of hydrogen-bond donors (Lipinski definition) is 0. The highest BCUT2D eigenvalue weighted by molar-refractivity contribution is 7.26. The lowest BCUT2D eigenvalue weighted by atomic mass is 10.0. The summed E-state index contributed by atoms with van der Waals surface area (Å²) < 4.78 is 9.38. The van der Waals surface area contributed by atoms with E-state index >= 15 is 0 Å². The fourth-order valence-electron chi connectivity index (χ4n) is 8.90. The lowest BCUT2D eigenvalue weighted by molar-refractivity contribution is 0.620. The van der Waals surface area contributed by atoms with E-state index in [2.05, 4.69) is 234 Å². The van der Waals surface area contributed by atoms with Crippen molar-refractivity contribution in [3.8, 4) is 22.6 Å². The number of thiophene rings is 1. The van der Waals surface area contributed by atoms with Crippen LogP contribution in [0.2, 0.25) is 0 Å². The van der Waals surface area contributed by atoms with Crippen LogP contribution in [0.15, 0.2) is 229 Å². The quantitative estimate of drug-likeness (QED) is 0.153. The van der Waals surface area contributed by atoms with Gasteiger partial charge in [-0.2, -0.15) is 0 Å². The topological polar surface area (TPSA) is 32.5 Å². The molecule has 10 aromatic carbocycles. The van der Waals surface area contributed by atoms with Crippen molar-refractivity contribution >= 4 is 98.3 Å². The summed E-state index contributed by atoms with van der Waals surface area (Å²) in [7, 11) is 0. The van der Waals surface area contributed by atoms with Crippen molar-refractivity contribution in [3.63, 3.8) is 0 Å². The number of benzene rings is 10. The zero-order valence-corrected chi connectivity index (χ0v) is 34.3. The van der Waals surface area contributed by atoms with Crippen molar-refractivity contribution in [3.05, 3.63) is 224 Å². The van der Waals surface area contributed by atoms with E-state index in [0.717, 1.165) is 66.9 Å². The first-order chi connectivity index (χ1) is 30.7. The molecule has 292 valence electrons. The molecule has 0 radical (unpaired) electrons. The van der Waals surface area contributed by atoms with Crippen LogP contribution in [0.3, 0.4) is 0 Å². The van der Waals surface area contributed by atoms with E-state index in [-0.39, 0.29) is 0 Å². The monoisotopic (exact) mass is 811 g/mol. The van der Waals surface area contributed by atoms with Crippen LogP contribution in [0.1, 0.15) is 0 Å². The number of aromatic nitrogens is 1. The van der Waals surface area contributed by atoms with Gasteiger partial charge in [0, 0.05) is 60.6 Å². The molecule has 0 aliphatic rings. The minimum absolute atomic E-state index is 0.586. The summed E-state index contributed by atoms with van der Waals surface area (Å²) in [5.74, 6) is 0.586. The Bertz CT molecular complexity index is 3580. The summed E-state index contributed by atoms with van der Waals surface area (Å²) in [5.41, 5.74) is 11.1.